The van der Waals surface area contributed by atoms with Gasteiger partial charge in [-0.2, -0.15) is 0 Å². The number of benzene rings is 1. The van der Waals surface area contributed by atoms with Crippen molar-refractivity contribution in [2.24, 2.45) is 50.1 Å². The third kappa shape index (κ3) is 26.2. The van der Waals surface area contributed by atoms with Gasteiger partial charge in [0.1, 0.15) is 60.6 Å². The highest BCUT2D eigenvalue weighted by atomic mass is 32.1. The van der Waals surface area contributed by atoms with Crippen molar-refractivity contribution >= 4 is 99.6 Å². The number of carboxylic acid groups (broad SMARTS) is 1. The van der Waals surface area contributed by atoms with Crippen molar-refractivity contribution in [1.29, 1.82) is 0 Å². The number of guanidine groups is 2. The first-order chi connectivity index (χ1) is 46.4. The van der Waals surface area contributed by atoms with Gasteiger partial charge in [-0.15, -0.1) is 22.7 Å². The fourth-order valence-electron chi connectivity index (χ4n) is 11.0. The zero-order chi connectivity index (χ0) is 71.0. The summed E-state index contributed by atoms with van der Waals surface area (Å²) in [7, 11) is 0. The SMILES string of the molecule is NCCCC[C@H](NC(=O)[C@@H](N)CCCCN)C(=O)N[C@@H](CCCN=C(N)N)C(=O)N1CCC[C@H]1C(=O)N1C(O)CC[C@H]1C(=O)NCC(=O)N[C@@H](Cc1cccs1)C(=O)N[C@@H](CO)C(=O)N[C@H](Cc1ccccc1)C(=O)N[C@@H](Cc1cccs1)C(=O)N[C@@H](CCCN=C(N)N)C(=O)O. The first-order valence-electron chi connectivity index (χ1n) is 32.3. The van der Waals surface area contributed by atoms with Crippen LogP contribution < -0.4 is 82.7 Å². The number of aliphatic hydroxyl groups excluding tert-OH is 2. The number of carbonyl (C=O) groups excluding carboxylic acids is 10. The van der Waals surface area contributed by atoms with Crippen LogP contribution in [0.25, 0.3) is 0 Å². The number of carbonyl (C=O) groups is 11. The molecular weight excluding hydrogens is 1300 g/mol. The highest BCUT2D eigenvalue weighted by Crippen LogP contribution is 2.29. The summed E-state index contributed by atoms with van der Waals surface area (Å²) in [6.07, 6.45) is 1.51. The van der Waals surface area contributed by atoms with Gasteiger partial charge in [-0.05, 0) is 125 Å². The lowest BCUT2D eigenvalue weighted by atomic mass is 10.0. The van der Waals surface area contributed by atoms with Crippen LogP contribution in [0.4, 0.5) is 0 Å². The zero-order valence-electron chi connectivity index (χ0n) is 54.2. The number of amides is 10. The Morgan fingerprint density at radius 3 is 1.59 bits per heavy atom. The van der Waals surface area contributed by atoms with Gasteiger partial charge in [0.25, 0.3) is 0 Å². The van der Waals surface area contributed by atoms with Gasteiger partial charge in [-0.25, -0.2) is 4.79 Å². The minimum absolute atomic E-state index is 0.00180. The van der Waals surface area contributed by atoms with Gasteiger partial charge in [0.05, 0.1) is 19.2 Å². The van der Waals surface area contributed by atoms with Gasteiger partial charge in [0.2, 0.25) is 59.1 Å². The maximum atomic E-state index is 14.6. The minimum Gasteiger partial charge on any atom is -0.480 e. The summed E-state index contributed by atoms with van der Waals surface area (Å²) in [5, 5.41) is 56.0. The Morgan fingerprint density at radius 2 is 1.04 bits per heavy atom. The Bertz CT molecular complexity index is 3120. The third-order valence-corrected chi connectivity index (χ3v) is 17.9. The number of thiophene rings is 2. The number of rotatable bonds is 42. The molecule has 1 aromatic carbocycles. The smallest absolute Gasteiger partial charge is 0.326 e. The van der Waals surface area contributed by atoms with Crippen LogP contribution in [-0.4, -0.2) is 215 Å². The standard InChI is InChI=1S/C62H95N19O14S2/c63-24-6-4-17-39(65)51(85)74-40(18-5-7-25-64)52(86)75-41(19-8-26-70-61(66)67)58(92)80-28-10-21-48(80)59(93)81-47(22-23-50(81)84)57(91)72-34-49(83)73-44(32-37-15-11-29-96-37)54(88)79-46(35-82)56(90)77-43(31-36-13-2-1-3-14-36)53(87)78-45(33-38-16-12-30-97-38)55(89)76-42(60(94)95)20-9-27-71-62(68)69/h1-3,11-16,29-30,39-48,50,82,84H,4-10,17-28,31-35,63-65H2,(H,72,91)(H,73,83)(H,74,85)(H,75,86)(H,76,89)(H,77,90)(H,78,87)(H,79,88)(H,94,95)(H4,66,67,70)(H4,68,69,71)/t39-,40-,41-,42-,43+,44-,45-,46-,47-,48-,50?/m0/s1. The van der Waals surface area contributed by atoms with Gasteiger partial charge >= 0.3 is 5.97 Å². The average molecular weight is 1390 g/mol. The van der Waals surface area contributed by atoms with Crippen molar-refractivity contribution in [3.63, 3.8) is 0 Å². The van der Waals surface area contributed by atoms with E-state index in [0.717, 1.165) is 4.90 Å². The molecule has 1 unspecified atom stereocenters. The lowest BCUT2D eigenvalue weighted by molar-refractivity contribution is -0.154. The van der Waals surface area contributed by atoms with Crippen LogP contribution in [0.3, 0.4) is 0 Å². The summed E-state index contributed by atoms with van der Waals surface area (Å²) in [4.78, 5) is 165. The number of aliphatic imine (C=N–C) groups is 2. The predicted molar refractivity (Wildman–Crippen MR) is 362 cm³/mol. The van der Waals surface area contributed by atoms with E-state index in [1.807, 2.05) is 0 Å². The molecule has 2 fully saturated rings. The molecule has 97 heavy (non-hydrogen) atoms. The van der Waals surface area contributed by atoms with Crippen LogP contribution in [0.15, 0.2) is 75.3 Å². The van der Waals surface area contributed by atoms with Crippen LogP contribution in [0, 0.1) is 0 Å². The number of likely N-dealkylation sites (tertiary alicyclic amines) is 2. The number of unbranched alkanes of at least 4 members (excludes halogenated alkanes) is 2. The number of aliphatic hydroxyl groups is 2. The molecule has 2 aliphatic heterocycles. The second kappa shape index (κ2) is 41.3. The molecule has 11 atom stereocenters. The van der Waals surface area contributed by atoms with E-state index in [2.05, 4.69) is 52.5 Å². The van der Waals surface area contributed by atoms with E-state index in [9.17, 15) is 68.1 Å². The molecule has 10 amide bonds. The average Bonchev–Trinajstić information content (AvgIpc) is 1.65. The molecule has 2 aliphatic rings. The first-order valence-corrected chi connectivity index (χ1v) is 34.1. The summed E-state index contributed by atoms with van der Waals surface area (Å²) in [5.74, 6) is -9.92. The van der Waals surface area contributed by atoms with Crippen molar-refractivity contribution in [3.8, 4) is 0 Å². The fourth-order valence-corrected chi connectivity index (χ4v) is 12.5. The summed E-state index contributed by atoms with van der Waals surface area (Å²) < 4.78 is 0. The Balaban J connectivity index is 1.27. The van der Waals surface area contributed by atoms with E-state index in [0.29, 0.717) is 66.9 Å². The number of carboxylic acids is 1. The van der Waals surface area contributed by atoms with Crippen LogP contribution in [0.1, 0.15) is 105 Å². The summed E-state index contributed by atoms with van der Waals surface area (Å²) >= 11 is 2.52. The molecule has 4 heterocycles. The second-order valence-electron chi connectivity index (χ2n) is 23.6. The molecule has 0 radical (unpaired) electrons. The molecule has 2 saturated heterocycles. The van der Waals surface area contributed by atoms with E-state index < -0.39 is 145 Å². The van der Waals surface area contributed by atoms with Crippen molar-refractivity contribution in [1.82, 2.24) is 52.3 Å². The van der Waals surface area contributed by atoms with Gasteiger partial charge in [0, 0.05) is 48.7 Å². The Hall–Kier alpha value is -8.87. The molecule has 35 heteroatoms. The fraction of sp³-hybridized carbons (Fsp3) is 0.565. The maximum absolute atomic E-state index is 14.6. The van der Waals surface area contributed by atoms with E-state index >= 15 is 0 Å². The maximum Gasteiger partial charge on any atom is 0.326 e. The van der Waals surface area contributed by atoms with E-state index in [1.165, 1.54) is 27.6 Å². The van der Waals surface area contributed by atoms with Crippen molar-refractivity contribution in [2.75, 3.05) is 45.9 Å². The Labute approximate surface area is 570 Å². The van der Waals surface area contributed by atoms with Gasteiger partial charge in [0.15, 0.2) is 11.9 Å². The number of hydrogen-bond acceptors (Lipinski definition) is 20. The Morgan fingerprint density at radius 1 is 0.546 bits per heavy atom. The van der Waals surface area contributed by atoms with Crippen molar-refractivity contribution in [2.45, 2.75) is 176 Å². The third-order valence-electron chi connectivity index (χ3n) is 16.1. The lowest BCUT2D eigenvalue weighted by Gasteiger charge is -2.34. The molecule has 0 aliphatic carbocycles. The second-order valence-corrected chi connectivity index (χ2v) is 25.6. The van der Waals surface area contributed by atoms with Gasteiger partial charge in [-0.1, -0.05) is 48.9 Å². The van der Waals surface area contributed by atoms with E-state index in [4.69, 9.17) is 40.1 Å². The molecule has 2 aromatic heterocycles. The molecule has 0 bridgehead atoms. The molecular formula is C62H95N19O14S2. The van der Waals surface area contributed by atoms with Crippen LogP contribution in [0.5, 0.6) is 0 Å². The quantitative estimate of drug-likeness (QED) is 0.0144. The molecule has 33 nitrogen and oxygen atoms in total. The number of nitrogens with one attached hydrogen (secondary N) is 8. The summed E-state index contributed by atoms with van der Waals surface area (Å²) in [6.45, 7) is -0.802. The molecule has 25 N–H and O–H groups in total. The molecule has 0 saturated carbocycles. The summed E-state index contributed by atoms with van der Waals surface area (Å²) in [6, 6.07) is 2.03. The van der Waals surface area contributed by atoms with Crippen LogP contribution in [-0.2, 0) is 72.0 Å². The minimum atomic E-state index is -1.74. The van der Waals surface area contributed by atoms with Gasteiger partial charge in [-0.3, -0.25) is 57.9 Å². The highest BCUT2D eigenvalue weighted by Gasteiger charge is 2.47. The molecule has 534 valence electrons. The van der Waals surface area contributed by atoms with E-state index in [-0.39, 0.29) is 102 Å². The predicted octanol–water partition coefficient (Wildman–Crippen LogP) is -4.58. The first kappa shape index (κ1) is 78.8. The summed E-state index contributed by atoms with van der Waals surface area (Å²) in [5.41, 5.74) is 40.0. The number of nitrogens with two attached hydrogens (primary N) is 7. The number of hydrogen-bond donors (Lipinski definition) is 18. The number of nitrogens with zero attached hydrogens (tertiary/aromatic N) is 4. The van der Waals surface area contributed by atoms with Crippen molar-refractivity contribution < 1.29 is 68.1 Å². The zero-order valence-corrected chi connectivity index (χ0v) is 55.8. The monoisotopic (exact) mass is 1390 g/mol. The highest BCUT2D eigenvalue weighted by molar-refractivity contribution is 7.10. The Kier molecular flexibility index (Phi) is 33.5. The molecule has 5 rings (SSSR count). The number of aliphatic carboxylic acids is 1. The molecule has 3 aromatic rings. The van der Waals surface area contributed by atoms with Crippen LogP contribution in [0.2, 0.25) is 0 Å². The normalized spacial score (nSPS) is 17.5. The topological polar surface area (TPSA) is 558 Å². The van der Waals surface area contributed by atoms with Crippen molar-refractivity contribution in [3.05, 3.63) is 80.7 Å². The molecule has 0 spiro atoms. The largest absolute Gasteiger partial charge is 0.480 e. The lowest BCUT2D eigenvalue weighted by Crippen LogP contribution is -2.60. The van der Waals surface area contributed by atoms with Crippen LogP contribution >= 0.6 is 22.7 Å². The van der Waals surface area contributed by atoms with Gasteiger partial charge < -0.3 is 108 Å². The van der Waals surface area contributed by atoms with E-state index in [1.54, 1.807) is 65.4 Å².